The van der Waals surface area contributed by atoms with Crippen LogP contribution in [0.25, 0.3) is 88.1 Å². The molecule has 0 bridgehead atoms. The van der Waals surface area contributed by atoms with Crippen molar-refractivity contribution in [1.82, 2.24) is 4.57 Å². The van der Waals surface area contributed by atoms with Crippen LogP contribution < -0.4 is 0 Å². The Hall–Kier alpha value is -6.44. The number of fused-ring (bicyclic) bond motifs is 10. The number of hydrogen-bond donors (Lipinski definition) is 0. The van der Waals surface area contributed by atoms with E-state index in [1.54, 1.807) is 0 Å². The molecule has 10 rings (SSSR count). The van der Waals surface area contributed by atoms with Gasteiger partial charge in [0, 0.05) is 16.5 Å². The molecule has 1 aromatic heterocycles. The second kappa shape index (κ2) is 12.2. The van der Waals surface area contributed by atoms with Crippen LogP contribution in [0.1, 0.15) is 17.5 Å². The number of benzene rings is 8. The van der Waals surface area contributed by atoms with Crippen molar-refractivity contribution in [3.63, 3.8) is 0 Å². The Morgan fingerprint density at radius 2 is 0.902 bits per heavy atom. The molecule has 0 aliphatic heterocycles. The van der Waals surface area contributed by atoms with Crippen LogP contribution in [-0.4, -0.2) is 4.57 Å². The zero-order valence-corrected chi connectivity index (χ0v) is 28.3. The normalized spacial score (nSPS) is 12.5. The third-order valence-corrected chi connectivity index (χ3v) is 10.7. The molecule has 0 radical (unpaired) electrons. The molecular formula is C50H35N. The zero-order valence-electron chi connectivity index (χ0n) is 28.3. The lowest BCUT2D eigenvalue weighted by atomic mass is 9.92. The average Bonchev–Trinajstić information content (AvgIpc) is 3.25. The topological polar surface area (TPSA) is 4.93 Å². The molecule has 1 heteroatoms. The predicted octanol–water partition coefficient (Wildman–Crippen LogP) is 13.7. The van der Waals surface area contributed by atoms with E-state index in [4.69, 9.17) is 0 Å². The van der Waals surface area contributed by atoms with Crippen LogP contribution >= 0.6 is 0 Å². The van der Waals surface area contributed by atoms with Gasteiger partial charge >= 0.3 is 0 Å². The Bertz CT molecular complexity index is 2750. The van der Waals surface area contributed by atoms with Crippen LogP contribution in [0.15, 0.2) is 182 Å². The van der Waals surface area contributed by atoms with Gasteiger partial charge in [-0.1, -0.05) is 152 Å². The Kier molecular flexibility index (Phi) is 7.03. The number of aryl methyl sites for hydroxylation is 1. The minimum atomic E-state index is 1.10. The molecule has 0 atom stereocenters. The van der Waals surface area contributed by atoms with Gasteiger partial charge in [0.25, 0.3) is 0 Å². The summed E-state index contributed by atoms with van der Waals surface area (Å²) in [7, 11) is 0. The van der Waals surface area contributed by atoms with E-state index in [9.17, 15) is 0 Å². The number of rotatable bonds is 3. The van der Waals surface area contributed by atoms with Crippen molar-refractivity contribution >= 4 is 60.2 Å². The maximum Gasteiger partial charge on any atom is 0.0540 e. The molecule has 1 heterocycles. The fourth-order valence-electron chi connectivity index (χ4n) is 8.21. The number of nitrogens with zero attached hydrogens (tertiary/aromatic N) is 1. The average molecular weight is 650 g/mol. The van der Waals surface area contributed by atoms with Crippen LogP contribution in [0.2, 0.25) is 0 Å². The first-order valence-electron chi connectivity index (χ1n) is 17.9. The first kappa shape index (κ1) is 29.5. The highest BCUT2D eigenvalue weighted by Crippen LogP contribution is 2.38. The molecule has 240 valence electrons. The van der Waals surface area contributed by atoms with E-state index < -0.39 is 0 Å². The molecule has 0 amide bonds. The molecule has 0 saturated heterocycles. The summed E-state index contributed by atoms with van der Waals surface area (Å²) in [6, 6.07) is 65.1. The predicted molar refractivity (Wildman–Crippen MR) is 219 cm³/mol. The second-order valence-electron chi connectivity index (χ2n) is 13.6. The van der Waals surface area contributed by atoms with Gasteiger partial charge in [-0.2, -0.15) is 0 Å². The first-order valence-corrected chi connectivity index (χ1v) is 17.9. The molecule has 9 aromatic rings. The molecule has 8 aromatic carbocycles. The summed E-state index contributed by atoms with van der Waals surface area (Å²) >= 11 is 0. The largest absolute Gasteiger partial charge is 0.309 e. The smallest absolute Gasteiger partial charge is 0.0540 e. The molecule has 1 aliphatic rings. The molecule has 0 saturated carbocycles. The lowest BCUT2D eigenvalue weighted by Crippen LogP contribution is -2.00. The fraction of sp³-hybridized carbons (Fsp3) is 0.0400. The van der Waals surface area contributed by atoms with Crippen LogP contribution in [0.4, 0.5) is 0 Å². The number of aromatic nitrogens is 1. The maximum atomic E-state index is 2.50. The molecule has 0 fully saturated rings. The lowest BCUT2D eigenvalue weighted by molar-refractivity contribution is 0.990. The zero-order chi connectivity index (χ0) is 33.7. The van der Waals surface area contributed by atoms with E-state index in [-0.39, 0.29) is 0 Å². The van der Waals surface area contributed by atoms with E-state index in [1.165, 1.54) is 76.5 Å². The minimum absolute atomic E-state index is 1.10. The van der Waals surface area contributed by atoms with Gasteiger partial charge in [0.05, 0.1) is 11.0 Å². The summed E-state index contributed by atoms with van der Waals surface area (Å²) in [4.78, 5) is 0. The van der Waals surface area contributed by atoms with Crippen molar-refractivity contribution in [2.75, 3.05) is 0 Å². The monoisotopic (exact) mass is 649 g/mol. The first-order chi connectivity index (χ1) is 25.3. The summed E-state index contributed by atoms with van der Waals surface area (Å²) in [6.07, 6.45) is 6.84. The fourth-order valence-corrected chi connectivity index (χ4v) is 8.21. The number of hydrogen-bond acceptors (Lipinski definition) is 0. The van der Waals surface area contributed by atoms with Gasteiger partial charge in [0.1, 0.15) is 0 Å². The van der Waals surface area contributed by atoms with Gasteiger partial charge in [-0.15, -0.1) is 0 Å². The van der Waals surface area contributed by atoms with E-state index in [2.05, 4.69) is 193 Å². The van der Waals surface area contributed by atoms with Gasteiger partial charge < -0.3 is 4.57 Å². The van der Waals surface area contributed by atoms with Crippen LogP contribution in [0.5, 0.6) is 0 Å². The Balaban J connectivity index is 1.43. The third kappa shape index (κ3) is 5.01. The van der Waals surface area contributed by atoms with E-state index >= 15 is 0 Å². The summed E-state index contributed by atoms with van der Waals surface area (Å²) in [6.45, 7) is 0. The molecule has 1 nitrogen and oxygen atoms in total. The van der Waals surface area contributed by atoms with Crippen LogP contribution in [0, 0.1) is 0 Å². The summed E-state index contributed by atoms with van der Waals surface area (Å²) in [5.74, 6) is 0. The third-order valence-electron chi connectivity index (χ3n) is 10.7. The van der Waals surface area contributed by atoms with E-state index in [1.807, 2.05) is 0 Å². The molecule has 0 spiro atoms. The van der Waals surface area contributed by atoms with Crippen LogP contribution in [-0.2, 0) is 6.42 Å². The Morgan fingerprint density at radius 1 is 0.373 bits per heavy atom. The summed E-state index contributed by atoms with van der Waals surface area (Å²) in [5.41, 5.74) is 11.1. The van der Waals surface area contributed by atoms with Crippen molar-refractivity contribution in [3.8, 4) is 27.9 Å². The van der Waals surface area contributed by atoms with Crippen molar-refractivity contribution in [1.29, 1.82) is 0 Å². The standard InChI is InChI=1S/C50H35N/c1-3-13-34(14-4-1)37-25-29-49-47(32-37)45-21-11-9-19-43(45)44-20-10-12-22-46(44)48-33-38(35-15-5-2-6-16-35)26-30-50(48)51(49)40-27-28-42-39(31-40)24-23-36-17-7-8-18-41(36)42/h1-6,8-16,18-33H,7,17H2. The van der Waals surface area contributed by atoms with Gasteiger partial charge in [0.2, 0.25) is 0 Å². The maximum absolute atomic E-state index is 2.50. The lowest BCUT2D eigenvalue weighted by Gasteiger charge is -2.18. The highest BCUT2D eigenvalue weighted by molar-refractivity contribution is 6.20. The Morgan fingerprint density at radius 3 is 1.47 bits per heavy atom. The molecular weight excluding hydrogens is 615 g/mol. The van der Waals surface area contributed by atoms with Crippen molar-refractivity contribution in [3.05, 3.63) is 193 Å². The van der Waals surface area contributed by atoms with Gasteiger partial charge in [-0.3, -0.25) is 0 Å². The van der Waals surface area contributed by atoms with Gasteiger partial charge in [0.15, 0.2) is 0 Å². The van der Waals surface area contributed by atoms with Gasteiger partial charge in [-0.05, 0) is 115 Å². The molecule has 1 aliphatic carbocycles. The quantitative estimate of drug-likeness (QED) is 0.179. The second-order valence-corrected chi connectivity index (χ2v) is 13.6. The van der Waals surface area contributed by atoms with Gasteiger partial charge in [-0.25, -0.2) is 0 Å². The SMILES string of the molecule is C1=Cc2c(ccc3cc(-n4c5ccc(-c6ccccc6)cc5c5ccccc5c5ccccc5c5cc(-c6ccccc6)ccc54)ccc23)CC1. The minimum Gasteiger partial charge on any atom is -0.309 e. The van der Waals surface area contributed by atoms with Crippen molar-refractivity contribution in [2.45, 2.75) is 12.8 Å². The Labute approximate surface area is 297 Å². The molecule has 0 unspecified atom stereocenters. The highest BCUT2D eigenvalue weighted by atomic mass is 15.0. The molecule has 0 N–H and O–H groups in total. The van der Waals surface area contributed by atoms with Crippen molar-refractivity contribution in [2.24, 2.45) is 0 Å². The highest BCUT2D eigenvalue weighted by Gasteiger charge is 2.15. The summed E-state index contributed by atoms with van der Waals surface area (Å²) < 4.78 is 2.50. The van der Waals surface area contributed by atoms with E-state index in [0.29, 0.717) is 0 Å². The number of allylic oxidation sites excluding steroid dienone is 1. The van der Waals surface area contributed by atoms with Crippen LogP contribution in [0.3, 0.4) is 0 Å². The van der Waals surface area contributed by atoms with Crippen molar-refractivity contribution < 1.29 is 0 Å². The van der Waals surface area contributed by atoms with E-state index in [0.717, 1.165) is 29.6 Å². The summed E-state index contributed by atoms with van der Waals surface area (Å²) in [5, 5.41) is 9.88. The molecule has 51 heavy (non-hydrogen) atoms.